The third-order valence-corrected chi connectivity index (χ3v) is 1.62. The molecule has 14 heavy (non-hydrogen) atoms. The van der Waals surface area contributed by atoms with Crippen molar-refractivity contribution in [1.82, 2.24) is 14.6 Å². The Labute approximate surface area is 88.5 Å². The van der Waals surface area contributed by atoms with Gasteiger partial charge in [-0.05, 0) is 6.07 Å². The molecular weight excluding hydrogens is 254 g/mol. The molecule has 0 unspecified atom stereocenters. The van der Waals surface area contributed by atoms with Crippen molar-refractivity contribution in [2.75, 3.05) is 5.73 Å². The molecule has 0 aliphatic heterocycles. The largest absolute Gasteiger partial charge is 0.368 e. The lowest BCUT2D eigenvalue weighted by Gasteiger charge is -1.93. The topological polar surface area (TPSA) is 99.3 Å². The smallest absolute Gasteiger partial charge is 0.286 e. The van der Waals surface area contributed by atoms with Crippen molar-refractivity contribution in [1.29, 1.82) is 0 Å². The molecule has 0 aliphatic carbocycles. The lowest BCUT2D eigenvalue weighted by molar-refractivity contribution is -0.385. The molecule has 0 aromatic carbocycles. The van der Waals surface area contributed by atoms with Crippen LogP contribution in [0.1, 0.15) is 0 Å². The first kappa shape index (κ1) is 10.4. The van der Waals surface area contributed by atoms with Gasteiger partial charge >= 0.3 is 0 Å². The van der Waals surface area contributed by atoms with Gasteiger partial charge in [0.25, 0.3) is 5.69 Å². The molecule has 0 fully saturated rings. The van der Waals surface area contributed by atoms with Gasteiger partial charge in [0.15, 0.2) is 5.65 Å². The molecule has 2 N–H and O–H groups in total. The molecule has 2 rings (SSSR count). The van der Waals surface area contributed by atoms with E-state index in [-0.39, 0.29) is 28.6 Å². The van der Waals surface area contributed by atoms with Crippen LogP contribution in [-0.2, 0) is 0 Å². The average Bonchev–Trinajstić information content (AvgIpc) is 2.47. The molecule has 7 nitrogen and oxygen atoms in total. The maximum Gasteiger partial charge on any atom is 0.286 e. The van der Waals surface area contributed by atoms with E-state index in [1.807, 2.05) is 0 Å². The average molecular weight is 260 g/mol. The van der Waals surface area contributed by atoms with Crippen LogP contribution in [0.2, 0.25) is 0 Å². The molecule has 74 valence electrons. The summed E-state index contributed by atoms with van der Waals surface area (Å²) in [6.45, 7) is 0. The number of hydrogen-bond acceptors (Lipinski definition) is 5. The summed E-state index contributed by atoms with van der Waals surface area (Å²) in [6, 6.07) is 2.84. The van der Waals surface area contributed by atoms with Crippen molar-refractivity contribution in [3.05, 3.63) is 28.4 Å². The molecular formula is C6H6BrN5O2. The van der Waals surface area contributed by atoms with E-state index in [4.69, 9.17) is 5.73 Å². The predicted octanol–water partition coefficient (Wildman–Crippen LogP) is 0.798. The Morgan fingerprint density at radius 1 is 1.43 bits per heavy atom. The minimum Gasteiger partial charge on any atom is -0.368 e. The Hall–Kier alpha value is -1.70. The summed E-state index contributed by atoms with van der Waals surface area (Å²) < 4.78 is 1.36. The molecule has 0 saturated carbocycles. The third kappa shape index (κ3) is 1.51. The number of halogens is 1. The van der Waals surface area contributed by atoms with Gasteiger partial charge in [-0.25, -0.2) is 0 Å². The summed E-state index contributed by atoms with van der Waals surface area (Å²) in [7, 11) is 0. The molecule has 0 saturated heterocycles. The number of hydrogen-bond donors (Lipinski definition) is 1. The number of aromatic nitrogens is 3. The second-order valence-electron chi connectivity index (χ2n) is 2.43. The van der Waals surface area contributed by atoms with Gasteiger partial charge in [-0.2, -0.15) is 0 Å². The van der Waals surface area contributed by atoms with E-state index in [9.17, 15) is 10.1 Å². The van der Waals surface area contributed by atoms with Crippen LogP contribution in [-0.4, -0.2) is 19.5 Å². The Kier molecular flexibility index (Phi) is 2.65. The normalized spacial score (nSPS) is 9.71. The fraction of sp³-hybridized carbons (Fsp3) is 0. The zero-order valence-corrected chi connectivity index (χ0v) is 8.54. The highest BCUT2D eigenvalue weighted by atomic mass is 79.9. The van der Waals surface area contributed by atoms with Crippen LogP contribution in [0.15, 0.2) is 18.3 Å². The molecule has 2 aromatic rings. The number of anilines is 1. The zero-order chi connectivity index (χ0) is 9.42. The number of nitrogens with zero attached hydrogens (tertiary/aromatic N) is 4. The Morgan fingerprint density at radius 2 is 2.14 bits per heavy atom. The van der Waals surface area contributed by atoms with E-state index < -0.39 is 4.92 Å². The monoisotopic (exact) mass is 259 g/mol. The number of nitro groups is 1. The van der Waals surface area contributed by atoms with E-state index in [1.165, 1.54) is 22.7 Å². The number of pyridine rings is 1. The number of nitrogens with two attached hydrogens (primary N) is 1. The molecule has 0 radical (unpaired) electrons. The Morgan fingerprint density at radius 3 is 2.79 bits per heavy atom. The van der Waals surface area contributed by atoms with Crippen LogP contribution >= 0.6 is 17.0 Å². The van der Waals surface area contributed by atoms with Crippen molar-refractivity contribution in [3.63, 3.8) is 0 Å². The van der Waals surface area contributed by atoms with Gasteiger partial charge in [-0.1, -0.05) is 0 Å². The lowest BCUT2D eigenvalue weighted by atomic mass is 10.4. The molecule has 0 amide bonds. The van der Waals surface area contributed by atoms with Gasteiger partial charge in [-0.15, -0.1) is 27.2 Å². The quantitative estimate of drug-likeness (QED) is 0.603. The number of fused-ring (bicyclic) bond motifs is 1. The molecule has 0 atom stereocenters. The van der Waals surface area contributed by atoms with Crippen molar-refractivity contribution >= 4 is 34.3 Å². The molecule has 0 aliphatic rings. The van der Waals surface area contributed by atoms with Gasteiger partial charge in [0.1, 0.15) is 0 Å². The highest BCUT2D eigenvalue weighted by Crippen LogP contribution is 2.13. The Bertz CT molecular complexity index is 482. The van der Waals surface area contributed by atoms with Crippen LogP contribution in [0, 0.1) is 10.1 Å². The second-order valence-corrected chi connectivity index (χ2v) is 2.43. The predicted molar refractivity (Wildman–Crippen MR) is 54.4 cm³/mol. The second kappa shape index (κ2) is 3.58. The molecule has 2 aromatic heterocycles. The third-order valence-electron chi connectivity index (χ3n) is 1.62. The SMILES string of the molecule is Br.Nc1nnc2ccc([N+](=O)[O-])cn12. The molecule has 0 spiro atoms. The van der Waals surface area contributed by atoms with Crippen LogP contribution in [0.25, 0.3) is 5.65 Å². The minimum atomic E-state index is -0.501. The summed E-state index contributed by atoms with van der Waals surface area (Å²) in [5.74, 6) is 0.138. The van der Waals surface area contributed by atoms with E-state index in [0.29, 0.717) is 5.65 Å². The first-order valence-electron chi connectivity index (χ1n) is 3.43. The minimum absolute atomic E-state index is 0. The zero-order valence-electron chi connectivity index (χ0n) is 6.82. The Balaban J connectivity index is 0.000000980. The van der Waals surface area contributed by atoms with E-state index in [2.05, 4.69) is 10.2 Å². The number of rotatable bonds is 1. The van der Waals surface area contributed by atoms with Gasteiger partial charge in [0.05, 0.1) is 11.1 Å². The molecule has 2 heterocycles. The fourth-order valence-corrected chi connectivity index (χ4v) is 1.01. The first-order chi connectivity index (χ1) is 6.18. The van der Waals surface area contributed by atoms with E-state index >= 15 is 0 Å². The van der Waals surface area contributed by atoms with Crippen LogP contribution in [0.4, 0.5) is 11.6 Å². The number of nitrogen functional groups attached to an aromatic ring is 1. The van der Waals surface area contributed by atoms with Gasteiger partial charge in [-0.3, -0.25) is 14.5 Å². The van der Waals surface area contributed by atoms with Crippen LogP contribution in [0.5, 0.6) is 0 Å². The maximum atomic E-state index is 10.4. The highest BCUT2D eigenvalue weighted by molar-refractivity contribution is 8.93. The standard InChI is InChI=1S/C6H5N5O2.BrH/c7-6-9-8-5-2-1-4(11(12)13)3-10(5)6;/h1-3H,(H2,7,9);1H. The van der Waals surface area contributed by atoms with Crippen LogP contribution < -0.4 is 5.73 Å². The lowest BCUT2D eigenvalue weighted by Crippen LogP contribution is -1.96. The van der Waals surface area contributed by atoms with Gasteiger partial charge in [0.2, 0.25) is 5.95 Å². The van der Waals surface area contributed by atoms with Gasteiger partial charge < -0.3 is 5.73 Å². The summed E-state index contributed by atoms with van der Waals surface area (Å²) >= 11 is 0. The van der Waals surface area contributed by atoms with Gasteiger partial charge in [0, 0.05) is 6.07 Å². The fourth-order valence-electron chi connectivity index (χ4n) is 1.01. The maximum absolute atomic E-state index is 10.4. The van der Waals surface area contributed by atoms with E-state index in [1.54, 1.807) is 0 Å². The van der Waals surface area contributed by atoms with Crippen molar-refractivity contribution in [3.8, 4) is 0 Å². The van der Waals surface area contributed by atoms with Crippen LogP contribution in [0.3, 0.4) is 0 Å². The first-order valence-corrected chi connectivity index (χ1v) is 3.43. The summed E-state index contributed by atoms with van der Waals surface area (Å²) in [4.78, 5) is 9.89. The molecule has 0 bridgehead atoms. The van der Waals surface area contributed by atoms with Crippen molar-refractivity contribution in [2.45, 2.75) is 0 Å². The van der Waals surface area contributed by atoms with Crippen molar-refractivity contribution < 1.29 is 4.92 Å². The summed E-state index contributed by atoms with van der Waals surface area (Å²) in [5, 5.41) is 17.6. The summed E-state index contributed by atoms with van der Waals surface area (Å²) in [5.41, 5.74) is 5.86. The van der Waals surface area contributed by atoms with Crippen molar-refractivity contribution in [2.24, 2.45) is 0 Å². The highest BCUT2D eigenvalue weighted by Gasteiger charge is 2.08. The summed E-state index contributed by atoms with van der Waals surface area (Å²) in [6.07, 6.45) is 1.28. The molecule has 8 heteroatoms. The van der Waals surface area contributed by atoms with E-state index in [0.717, 1.165) is 0 Å².